The molecule has 0 saturated carbocycles. The van der Waals surface area contributed by atoms with Gasteiger partial charge in [-0.1, -0.05) is 19.1 Å². The topological polar surface area (TPSA) is 49.8 Å². The molecular weight excluding hydrogens is 323 g/mol. The zero-order valence-corrected chi connectivity index (χ0v) is 13.9. The predicted octanol–water partition coefficient (Wildman–Crippen LogP) is 2.79. The van der Waals surface area contributed by atoms with Crippen LogP contribution >= 0.6 is 0 Å². The highest BCUT2D eigenvalue weighted by Crippen LogP contribution is 2.36. The molecule has 4 nitrogen and oxygen atoms in total. The molecule has 7 heteroatoms. The van der Waals surface area contributed by atoms with Gasteiger partial charge in [-0.2, -0.15) is 13.2 Å². The number of amides is 1. The lowest BCUT2D eigenvalue weighted by Crippen LogP contribution is -2.60. The van der Waals surface area contributed by atoms with E-state index in [-0.39, 0.29) is 19.4 Å². The van der Waals surface area contributed by atoms with E-state index in [0.29, 0.717) is 5.75 Å². The van der Waals surface area contributed by atoms with E-state index in [9.17, 15) is 23.1 Å². The number of piperidine rings is 1. The standard InChI is InChI=1S/C17H22F3NO3/c1-11-14(10-12-4-6-13(24-3)7-5-12)21(9-8-16(11,2)23)15(22)17(18,19)20/h4-7,11,14,23H,8-10H2,1-3H3. The van der Waals surface area contributed by atoms with Crippen LogP contribution in [0.25, 0.3) is 0 Å². The molecule has 0 spiro atoms. The first-order valence-electron chi connectivity index (χ1n) is 7.79. The summed E-state index contributed by atoms with van der Waals surface area (Å²) in [6, 6.07) is 6.22. The van der Waals surface area contributed by atoms with E-state index < -0.39 is 29.6 Å². The van der Waals surface area contributed by atoms with Crippen LogP contribution < -0.4 is 4.74 Å². The van der Waals surface area contributed by atoms with Crippen molar-refractivity contribution in [2.45, 2.75) is 44.5 Å². The second-order valence-electron chi connectivity index (χ2n) is 6.51. The summed E-state index contributed by atoms with van der Waals surface area (Å²) in [5.41, 5.74) is -0.329. The van der Waals surface area contributed by atoms with E-state index in [1.54, 1.807) is 38.1 Å². The second-order valence-corrected chi connectivity index (χ2v) is 6.51. The number of hydrogen-bond donors (Lipinski definition) is 1. The van der Waals surface area contributed by atoms with Crippen LogP contribution in [0, 0.1) is 5.92 Å². The van der Waals surface area contributed by atoms with Crippen molar-refractivity contribution in [2.24, 2.45) is 5.92 Å². The Morgan fingerprint density at radius 1 is 1.38 bits per heavy atom. The number of nitrogens with zero attached hydrogens (tertiary/aromatic N) is 1. The molecule has 24 heavy (non-hydrogen) atoms. The highest BCUT2D eigenvalue weighted by atomic mass is 19.4. The highest BCUT2D eigenvalue weighted by Gasteiger charge is 2.50. The van der Waals surface area contributed by atoms with E-state index in [4.69, 9.17) is 4.74 Å². The Balaban J connectivity index is 2.28. The number of likely N-dealkylation sites (tertiary alicyclic amines) is 1. The minimum absolute atomic E-state index is 0.115. The van der Waals surface area contributed by atoms with Gasteiger partial charge in [0.25, 0.3) is 0 Å². The smallest absolute Gasteiger partial charge is 0.471 e. The molecule has 1 aromatic carbocycles. The number of methoxy groups -OCH3 is 1. The van der Waals surface area contributed by atoms with Crippen LogP contribution in [0.1, 0.15) is 25.8 Å². The molecule has 1 aliphatic heterocycles. The average Bonchev–Trinajstić information content (AvgIpc) is 2.51. The molecule has 1 amide bonds. The van der Waals surface area contributed by atoms with Gasteiger partial charge in [0.05, 0.1) is 12.7 Å². The summed E-state index contributed by atoms with van der Waals surface area (Å²) in [5.74, 6) is -1.69. The van der Waals surface area contributed by atoms with Crippen LogP contribution in [0.15, 0.2) is 24.3 Å². The number of carbonyl (C=O) groups excluding carboxylic acids is 1. The largest absolute Gasteiger partial charge is 0.497 e. The van der Waals surface area contributed by atoms with E-state index in [1.807, 2.05) is 0 Å². The van der Waals surface area contributed by atoms with Crippen molar-refractivity contribution in [3.63, 3.8) is 0 Å². The molecule has 0 bridgehead atoms. The van der Waals surface area contributed by atoms with E-state index in [2.05, 4.69) is 0 Å². The summed E-state index contributed by atoms with van der Waals surface area (Å²) in [4.78, 5) is 12.6. The molecule has 134 valence electrons. The molecule has 0 aromatic heterocycles. The number of benzene rings is 1. The number of halogens is 3. The number of hydrogen-bond acceptors (Lipinski definition) is 3. The molecule has 1 saturated heterocycles. The van der Waals surface area contributed by atoms with Crippen LogP contribution in [-0.2, 0) is 11.2 Å². The van der Waals surface area contributed by atoms with Crippen molar-refractivity contribution >= 4 is 5.91 Å². The van der Waals surface area contributed by atoms with Crippen molar-refractivity contribution < 1.29 is 27.8 Å². The maximum Gasteiger partial charge on any atom is 0.471 e. The minimum Gasteiger partial charge on any atom is -0.497 e. The van der Waals surface area contributed by atoms with E-state index in [1.165, 1.54) is 7.11 Å². The summed E-state index contributed by atoms with van der Waals surface area (Å²) in [6.45, 7) is 3.18. The number of aliphatic hydroxyl groups is 1. The van der Waals surface area contributed by atoms with Crippen molar-refractivity contribution in [3.05, 3.63) is 29.8 Å². The molecule has 3 atom stereocenters. The fraction of sp³-hybridized carbons (Fsp3) is 0.588. The van der Waals surface area contributed by atoms with Crippen molar-refractivity contribution in [2.75, 3.05) is 13.7 Å². The Hall–Kier alpha value is -1.76. The third kappa shape index (κ3) is 3.83. The lowest BCUT2D eigenvalue weighted by molar-refractivity contribution is -0.195. The van der Waals surface area contributed by atoms with Gasteiger partial charge in [0, 0.05) is 18.5 Å². The van der Waals surface area contributed by atoms with Gasteiger partial charge in [0.1, 0.15) is 5.75 Å². The van der Waals surface area contributed by atoms with Gasteiger partial charge in [-0.25, -0.2) is 0 Å². The SMILES string of the molecule is COc1ccc(CC2C(C)C(C)(O)CCN2C(=O)C(F)(F)F)cc1. The van der Waals surface area contributed by atoms with Gasteiger partial charge >= 0.3 is 12.1 Å². The van der Waals surface area contributed by atoms with E-state index >= 15 is 0 Å². The molecular formula is C17H22F3NO3. The number of rotatable bonds is 3. The summed E-state index contributed by atoms with van der Waals surface area (Å²) >= 11 is 0. The maximum atomic E-state index is 12.9. The summed E-state index contributed by atoms with van der Waals surface area (Å²) in [6.07, 6.45) is -4.56. The Morgan fingerprint density at radius 2 is 1.96 bits per heavy atom. The molecule has 1 heterocycles. The molecule has 1 N–H and O–H groups in total. The molecule has 0 radical (unpaired) electrons. The van der Waals surface area contributed by atoms with Crippen molar-refractivity contribution in [1.29, 1.82) is 0 Å². The van der Waals surface area contributed by atoms with Gasteiger partial charge in [-0.15, -0.1) is 0 Å². The third-order valence-corrected chi connectivity index (χ3v) is 4.92. The monoisotopic (exact) mass is 345 g/mol. The maximum absolute atomic E-state index is 12.9. The van der Waals surface area contributed by atoms with Crippen LogP contribution in [0.2, 0.25) is 0 Å². The van der Waals surface area contributed by atoms with Gasteiger partial charge in [-0.05, 0) is 37.5 Å². The summed E-state index contributed by atoms with van der Waals surface area (Å²) in [5, 5.41) is 10.4. The fourth-order valence-electron chi connectivity index (χ4n) is 3.13. The molecule has 2 rings (SSSR count). The molecule has 1 aliphatic rings. The van der Waals surface area contributed by atoms with Gasteiger partial charge in [-0.3, -0.25) is 4.79 Å². The van der Waals surface area contributed by atoms with Gasteiger partial charge in [0.2, 0.25) is 0 Å². The summed E-state index contributed by atoms with van der Waals surface area (Å²) in [7, 11) is 1.53. The lowest BCUT2D eigenvalue weighted by atomic mass is 9.76. The fourth-order valence-corrected chi connectivity index (χ4v) is 3.13. The summed E-state index contributed by atoms with van der Waals surface area (Å²) < 4.78 is 43.7. The highest BCUT2D eigenvalue weighted by molar-refractivity contribution is 5.82. The first kappa shape index (κ1) is 18.6. The van der Waals surface area contributed by atoms with Crippen molar-refractivity contribution in [3.8, 4) is 5.75 Å². The van der Waals surface area contributed by atoms with Gasteiger partial charge < -0.3 is 14.7 Å². The minimum atomic E-state index is -4.92. The van der Waals surface area contributed by atoms with Crippen molar-refractivity contribution in [1.82, 2.24) is 4.90 Å². The molecule has 1 fully saturated rings. The zero-order chi connectivity index (χ0) is 18.1. The van der Waals surface area contributed by atoms with Crippen LogP contribution in [0.5, 0.6) is 5.75 Å². The van der Waals surface area contributed by atoms with Crippen LogP contribution in [-0.4, -0.2) is 47.4 Å². The van der Waals surface area contributed by atoms with Gasteiger partial charge in [0.15, 0.2) is 0 Å². The van der Waals surface area contributed by atoms with Crippen LogP contribution in [0.3, 0.4) is 0 Å². The lowest BCUT2D eigenvalue weighted by Gasteiger charge is -2.47. The molecule has 0 aliphatic carbocycles. The Morgan fingerprint density at radius 3 is 2.46 bits per heavy atom. The van der Waals surface area contributed by atoms with Crippen LogP contribution in [0.4, 0.5) is 13.2 Å². The number of alkyl halides is 3. The first-order chi connectivity index (χ1) is 11.1. The Bertz CT molecular complexity index is 584. The normalized spacial score (nSPS) is 27.9. The second kappa shape index (κ2) is 6.63. The number of carbonyl (C=O) groups is 1. The number of ether oxygens (including phenoxy) is 1. The zero-order valence-electron chi connectivity index (χ0n) is 13.9. The van der Waals surface area contributed by atoms with E-state index in [0.717, 1.165) is 10.5 Å². The molecule has 3 unspecified atom stereocenters. The quantitative estimate of drug-likeness (QED) is 0.916. The Labute approximate surface area is 139 Å². The molecule has 1 aromatic rings. The predicted molar refractivity (Wildman–Crippen MR) is 82.7 cm³/mol. The third-order valence-electron chi connectivity index (χ3n) is 4.92. The average molecular weight is 345 g/mol. The Kier molecular flexibility index (Phi) is 5.13. The first-order valence-corrected chi connectivity index (χ1v) is 7.79.